The van der Waals surface area contributed by atoms with E-state index in [2.05, 4.69) is 0 Å². The van der Waals surface area contributed by atoms with Crippen LogP contribution in [0.5, 0.6) is 0 Å². The first-order valence-electron chi connectivity index (χ1n) is 5.87. The normalized spacial score (nSPS) is 10.6. The molecule has 6 heteroatoms. The van der Waals surface area contributed by atoms with Gasteiger partial charge in [-0.25, -0.2) is 4.39 Å². The molecule has 0 aromatic heterocycles. The van der Waals surface area contributed by atoms with E-state index in [0.717, 1.165) is 0 Å². The lowest BCUT2D eigenvalue weighted by Crippen LogP contribution is -2.11. The van der Waals surface area contributed by atoms with Gasteiger partial charge in [-0.05, 0) is 23.8 Å². The molecule has 0 aliphatic heterocycles. The Balaban J connectivity index is 2.31. The Kier molecular flexibility index (Phi) is 7.50. The Morgan fingerprint density at radius 2 is 1.84 bits per heavy atom. The predicted octanol–water partition coefficient (Wildman–Crippen LogP) is 1.64. The second-order valence-electron chi connectivity index (χ2n) is 3.87. The average Bonchev–Trinajstić information content (AvgIpc) is 2.37. The van der Waals surface area contributed by atoms with Crippen molar-refractivity contribution in [2.75, 3.05) is 33.5 Å². The molecule has 0 bridgehead atoms. The largest absolute Gasteiger partial charge is 0.389 e. The molecule has 1 aromatic carbocycles. The lowest BCUT2D eigenvalue weighted by Gasteiger charge is -2.07. The number of rotatable bonds is 9. The van der Waals surface area contributed by atoms with Crippen molar-refractivity contribution in [3.8, 4) is 0 Å². The first-order valence-corrected chi connectivity index (χ1v) is 6.28. The number of methoxy groups -OCH3 is 1. The molecular formula is C13H18FNO3S. The Morgan fingerprint density at radius 1 is 1.16 bits per heavy atom. The fourth-order valence-corrected chi connectivity index (χ4v) is 1.55. The number of ether oxygens (including phenoxy) is 3. The van der Waals surface area contributed by atoms with Crippen LogP contribution in [0, 0.1) is 5.82 Å². The first kappa shape index (κ1) is 16.0. The van der Waals surface area contributed by atoms with Crippen LogP contribution in [0.3, 0.4) is 0 Å². The van der Waals surface area contributed by atoms with Crippen LogP contribution in [0.1, 0.15) is 11.1 Å². The molecule has 0 atom stereocenters. The lowest BCUT2D eigenvalue weighted by molar-refractivity contribution is 0.0199. The van der Waals surface area contributed by atoms with E-state index in [9.17, 15) is 4.39 Å². The van der Waals surface area contributed by atoms with E-state index in [-0.39, 0.29) is 10.8 Å². The number of hydrogen-bond donors (Lipinski definition) is 1. The standard InChI is InChI=1S/C13H18FNO3S/c1-16-2-3-17-4-5-18-9-10-6-11(13(15)19)8-12(14)7-10/h6-8H,2-5,9H2,1H3,(H2,15,19). The van der Waals surface area contributed by atoms with Gasteiger partial charge >= 0.3 is 0 Å². The molecule has 0 radical (unpaired) electrons. The summed E-state index contributed by atoms with van der Waals surface area (Å²) < 4.78 is 28.7. The van der Waals surface area contributed by atoms with Crippen LogP contribution in [-0.4, -0.2) is 38.5 Å². The van der Waals surface area contributed by atoms with Crippen LogP contribution in [-0.2, 0) is 20.8 Å². The van der Waals surface area contributed by atoms with Gasteiger partial charge in [-0.1, -0.05) is 12.2 Å². The summed E-state index contributed by atoms with van der Waals surface area (Å²) in [5, 5.41) is 0. The maximum Gasteiger partial charge on any atom is 0.124 e. The van der Waals surface area contributed by atoms with Crippen molar-refractivity contribution in [3.63, 3.8) is 0 Å². The van der Waals surface area contributed by atoms with Crippen molar-refractivity contribution in [2.24, 2.45) is 5.73 Å². The fraction of sp³-hybridized carbons (Fsp3) is 0.462. The molecule has 0 aliphatic rings. The summed E-state index contributed by atoms with van der Waals surface area (Å²) in [5.41, 5.74) is 6.67. The molecule has 0 spiro atoms. The van der Waals surface area contributed by atoms with Crippen LogP contribution in [0.25, 0.3) is 0 Å². The molecule has 0 fully saturated rings. The molecule has 106 valence electrons. The van der Waals surface area contributed by atoms with Crippen LogP contribution in [0.2, 0.25) is 0 Å². The average molecular weight is 287 g/mol. The molecule has 0 aliphatic carbocycles. The van der Waals surface area contributed by atoms with E-state index in [4.69, 9.17) is 32.2 Å². The van der Waals surface area contributed by atoms with E-state index in [1.54, 1.807) is 13.2 Å². The molecule has 0 unspecified atom stereocenters. The summed E-state index contributed by atoms with van der Waals surface area (Å²) in [5.74, 6) is -0.375. The highest BCUT2D eigenvalue weighted by Gasteiger charge is 2.03. The van der Waals surface area contributed by atoms with Gasteiger partial charge in [0.2, 0.25) is 0 Å². The van der Waals surface area contributed by atoms with Crippen molar-refractivity contribution < 1.29 is 18.6 Å². The minimum atomic E-state index is -0.375. The minimum Gasteiger partial charge on any atom is -0.389 e. The molecule has 1 rings (SSSR count). The highest BCUT2D eigenvalue weighted by Crippen LogP contribution is 2.10. The minimum absolute atomic E-state index is 0.170. The molecular weight excluding hydrogens is 269 g/mol. The van der Waals surface area contributed by atoms with Crippen LogP contribution < -0.4 is 5.73 Å². The zero-order chi connectivity index (χ0) is 14.1. The third-order valence-electron chi connectivity index (χ3n) is 2.31. The van der Waals surface area contributed by atoms with E-state index >= 15 is 0 Å². The van der Waals surface area contributed by atoms with Gasteiger partial charge in [-0.15, -0.1) is 0 Å². The van der Waals surface area contributed by atoms with Gasteiger partial charge in [0, 0.05) is 12.7 Å². The van der Waals surface area contributed by atoms with Gasteiger partial charge < -0.3 is 19.9 Å². The molecule has 0 amide bonds. The summed E-state index contributed by atoms with van der Waals surface area (Å²) in [4.78, 5) is 0.170. The Bertz CT molecular complexity index is 415. The van der Waals surface area contributed by atoms with Gasteiger partial charge in [0.1, 0.15) is 10.8 Å². The smallest absolute Gasteiger partial charge is 0.124 e. The molecule has 4 nitrogen and oxygen atoms in total. The van der Waals surface area contributed by atoms with Crippen molar-refractivity contribution >= 4 is 17.2 Å². The molecule has 2 N–H and O–H groups in total. The summed E-state index contributed by atoms with van der Waals surface area (Å²) in [6.07, 6.45) is 0. The van der Waals surface area contributed by atoms with Crippen molar-refractivity contribution in [1.29, 1.82) is 0 Å². The molecule has 0 heterocycles. The second-order valence-corrected chi connectivity index (χ2v) is 4.31. The number of thiocarbonyl (C=S) groups is 1. The third-order valence-corrected chi connectivity index (χ3v) is 2.55. The second kappa shape index (κ2) is 8.92. The fourth-order valence-electron chi connectivity index (χ4n) is 1.43. The monoisotopic (exact) mass is 287 g/mol. The number of benzene rings is 1. The number of nitrogens with two attached hydrogens (primary N) is 1. The zero-order valence-corrected chi connectivity index (χ0v) is 11.7. The quantitative estimate of drug-likeness (QED) is 0.553. The summed E-state index contributed by atoms with van der Waals surface area (Å²) in [7, 11) is 1.61. The number of hydrogen-bond acceptors (Lipinski definition) is 4. The third kappa shape index (κ3) is 6.58. The van der Waals surface area contributed by atoms with Crippen molar-refractivity contribution in [1.82, 2.24) is 0 Å². The van der Waals surface area contributed by atoms with Gasteiger partial charge in [-0.3, -0.25) is 0 Å². The lowest BCUT2D eigenvalue weighted by atomic mass is 10.1. The van der Waals surface area contributed by atoms with Gasteiger partial charge in [-0.2, -0.15) is 0 Å². The topological polar surface area (TPSA) is 53.7 Å². The van der Waals surface area contributed by atoms with Crippen LogP contribution in [0.4, 0.5) is 4.39 Å². The summed E-state index contributed by atoms with van der Waals surface area (Å²) >= 11 is 4.81. The maximum absolute atomic E-state index is 13.3. The van der Waals surface area contributed by atoms with E-state index in [1.165, 1.54) is 12.1 Å². The Hall–Kier alpha value is -1.08. The Morgan fingerprint density at radius 3 is 2.53 bits per heavy atom. The zero-order valence-electron chi connectivity index (χ0n) is 10.9. The first-order chi connectivity index (χ1) is 9.13. The maximum atomic E-state index is 13.3. The summed E-state index contributed by atoms with van der Waals surface area (Å²) in [6.45, 7) is 2.29. The Labute approximate surface area is 117 Å². The van der Waals surface area contributed by atoms with Gasteiger partial charge in [0.25, 0.3) is 0 Å². The van der Waals surface area contributed by atoms with Crippen molar-refractivity contribution in [2.45, 2.75) is 6.61 Å². The highest BCUT2D eigenvalue weighted by atomic mass is 32.1. The number of halogens is 1. The van der Waals surface area contributed by atoms with Crippen LogP contribution in [0.15, 0.2) is 18.2 Å². The molecule has 1 aromatic rings. The molecule has 0 saturated heterocycles. The SMILES string of the molecule is COCCOCCOCc1cc(F)cc(C(N)=S)c1. The predicted molar refractivity (Wildman–Crippen MR) is 74.6 cm³/mol. The summed E-state index contributed by atoms with van der Waals surface area (Å²) in [6, 6.07) is 4.42. The van der Waals surface area contributed by atoms with Crippen LogP contribution >= 0.6 is 12.2 Å². The molecule has 0 saturated carbocycles. The molecule has 19 heavy (non-hydrogen) atoms. The van der Waals surface area contributed by atoms with E-state index in [0.29, 0.717) is 44.2 Å². The van der Waals surface area contributed by atoms with E-state index in [1.807, 2.05) is 0 Å². The van der Waals surface area contributed by atoms with Gasteiger partial charge in [0.05, 0.1) is 33.0 Å². The van der Waals surface area contributed by atoms with E-state index < -0.39 is 0 Å². The van der Waals surface area contributed by atoms with Crippen molar-refractivity contribution in [3.05, 3.63) is 35.1 Å². The van der Waals surface area contributed by atoms with Gasteiger partial charge in [0.15, 0.2) is 0 Å². The highest BCUT2D eigenvalue weighted by molar-refractivity contribution is 7.80.